The van der Waals surface area contributed by atoms with E-state index in [1.807, 2.05) is 0 Å². The van der Waals surface area contributed by atoms with E-state index >= 15 is 0 Å². The Balaban J connectivity index is 3.07. The van der Waals surface area contributed by atoms with Gasteiger partial charge in [0, 0.05) is 5.02 Å². The van der Waals surface area contributed by atoms with E-state index in [-0.39, 0.29) is 16.3 Å². The molecule has 1 aromatic carbocycles. The molecule has 1 aromatic rings. The molecule has 17 heavy (non-hydrogen) atoms. The summed E-state index contributed by atoms with van der Waals surface area (Å²) in [4.78, 5) is 22.6. The third kappa shape index (κ3) is 3.44. The molecule has 1 rings (SSSR count). The fraction of sp³-hybridized carbons (Fsp3) is 0.273. The zero-order valence-electron chi connectivity index (χ0n) is 9.45. The van der Waals surface area contributed by atoms with Gasteiger partial charge in [0.15, 0.2) is 0 Å². The number of nitrogens with two attached hydrogens (primary N) is 1. The third-order valence-corrected chi connectivity index (χ3v) is 2.28. The van der Waals surface area contributed by atoms with Crippen LogP contribution >= 0.6 is 11.6 Å². The molecule has 92 valence electrons. The number of carbonyl (C=O) groups excluding carboxylic acids is 1. The minimum atomic E-state index is -1.17. The third-order valence-electron chi connectivity index (χ3n) is 2.05. The van der Waals surface area contributed by atoms with Crippen LogP contribution in [0.4, 0.5) is 5.69 Å². The Labute approximate surface area is 104 Å². The van der Waals surface area contributed by atoms with Gasteiger partial charge < -0.3 is 16.2 Å². The number of carboxylic acid groups (broad SMARTS) is 1. The van der Waals surface area contributed by atoms with Gasteiger partial charge in [-0.3, -0.25) is 4.79 Å². The monoisotopic (exact) mass is 256 g/mol. The number of benzene rings is 1. The van der Waals surface area contributed by atoms with Crippen LogP contribution in [0.25, 0.3) is 0 Å². The Morgan fingerprint density at radius 2 is 2.00 bits per heavy atom. The molecule has 6 heteroatoms. The SMILES string of the molecule is CC(C)(N)C(=O)Nc1ccc(Cl)cc1C(=O)O. The highest BCUT2D eigenvalue weighted by atomic mass is 35.5. The van der Waals surface area contributed by atoms with Crippen molar-refractivity contribution in [3.05, 3.63) is 28.8 Å². The first-order valence-electron chi connectivity index (χ1n) is 4.85. The number of aromatic carboxylic acids is 1. The molecule has 0 fully saturated rings. The lowest BCUT2D eigenvalue weighted by Crippen LogP contribution is -2.45. The lowest BCUT2D eigenvalue weighted by Gasteiger charge is -2.18. The Morgan fingerprint density at radius 3 is 2.47 bits per heavy atom. The average molecular weight is 257 g/mol. The van der Waals surface area contributed by atoms with Gasteiger partial charge in [-0.1, -0.05) is 11.6 Å². The molecule has 4 N–H and O–H groups in total. The molecule has 5 nitrogen and oxygen atoms in total. The quantitative estimate of drug-likeness (QED) is 0.768. The first-order chi connectivity index (χ1) is 7.71. The van der Waals surface area contributed by atoms with E-state index in [2.05, 4.69) is 5.32 Å². The first-order valence-corrected chi connectivity index (χ1v) is 5.23. The van der Waals surface area contributed by atoms with Gasteiger partial charge in [-0.15, -0.1) is 0 Å². The molecular formula is C11H13ClN2O3. The number of nitrogens with one attached hydrogen (secondary N) is 1. The molecule has 0 heterocycles. The van der Waals surface area contributed by atoms with Crippen LogP contribution in [0.5, 0.6) is 0 Å². The molecule has 0 saturated carbocycles. The van der Waals surface area contributed by atoms with Crippen molar-refractivity contribution in [2.75, 3.05) is 5.32 Å². The van der Waals surface area contributed by atoms with Crippen LogP contribution in [-0.4, -0.2) is 22.5 Å². The summed E-state index contributed by atoms with van der Waals surface area (Å²) in [6, 6.07) is 4.19. The molecule has 0 aliphatic carbocycles. The van der Waals surface area contributed by atoms with Crippen LogP contribution in [0.3, 0.4) is 0 Å². The zero-order valence-corrected chi connectivity index (χ0v) is 10.2. The summed E-state index contributed by atoms with van der Waals surface area (Å²) >= 11 is 5.69. The van der Waals surface area contributed by atoms with E-state index in [0.29, 0.717) is 0 Å². The highest BCUT2D eigenvalue weighted by Crippen LogP contribution is 2.21. The van der Waals surface area contributed by atoms with Crippen molar-refractivity contribution in [2.45, 2.75) is 19.4 Å². The van der Waals surface area contributed by atoms with Gasteiger partial charge in [-0.05, 0) is 32.0 Å². The molecule has 0 atom stereocenters. The molecule has 0 spiro atoms. The van der Waals surface area contributed by atoms with Gasteiger partial charge in [0.25, 0.3) is 0 Å². The number of rotatable bonds is 3. The maximum atomic E-state index is 11.6. The Kier molecular flexibility index (Phi) is 3.75. The number of amides is 1. The first kappa shape index (κ1) is 13.5. The Morgan fingerprint density at radius 1 is 1.41 bits per heavy atom. The van der Waals surface area contributed by atoms with Crippen molar-refractivity contribution in [2.24, 2.45) is 5.73 Å². The minimum absolute atomic E-state index is 0.0740. The Hall–Kier alpha value is -1.59. The van der Waals surface area contributed by atoms with Crippen LogP contribution in [0, 0.1) is 0 Å². The van der Waals surface area contributed by atoms with Crippen molar-refractivity contribution >= 4 is 29.2 Å². The molecule has 0 radical (unpaired) electrons. The number of anilines is 1. The zero-order chi connectivity index (χ0) is 13.2. The van der Waals surface area contributed by atoms with Crippen LogP contribution in [0.2, 0.25) is 5.02 Å². The summed E-state index contributed by atoms with van der Waals surface area (Å²) < 4.78 is 0. The molecule has 0 aliphatic heterocycles. The summed E-state index contributed by atoms with van der Waals surface area (Å²) in [6.07, 6.45) is 0. The van der Waals surface area contributed by atoms with Crippen LogP contribution in [-0.2, 0) is 4.79 Å². The molecular weight excluding hydrogens is 244 g/mol. The lowest BCUT2D eigenvalue weighted by molar-refractivity contribution is -0.120. The van der Waals surface area contributed by atoms with E-state index in [1.54, 1.807) is 0 Å². The standard InChI is InChI=1S/C11H13ClN2O3/c1-11(2,13)10(17)14-8-4-3-6(12)5-7(8)9(15)16/h3-5H,13H2,1-2H3,(H,14,17)(H,15,16). The summed E-state index contributed by atoms with van der Waals surface area (Å²) in [5.74, 6) is -1.64. The van der Waals surface area contributed by atoms with Crippen LogP contribution in [0.1, 0.15) is 24.2 Å². The van der Waals surface area contributed by atoms with Crippen molar-refractivity contribution in [1.82, 2.24) is 0 Å². The molecule has 1 amide bonds. The summed E-state index contributed by atoms with van der Waals surface area (Å²) in [7, 11) is 0. The van der Waals surface area contributed by atoms with Gasteiger partial charge in [0.1, 0.15) is 0 Å². The Bertz CT molecular complexity index is 466. The normalized spacial score (nSPS) is 11.1. The summed E-state index contributed by atoms with van der Waals surface area (Å²) in [5, 5.41) is 11.7. The number of carbonyl (C=O) groups is 2. The molecule has 0 bridgehead atoms. The lowest BCUT2D eigenvalue weighted by atomic mass is 10.1. The highest BCUT2D eigenvalue weighted by molar-refractivity contribution is 6.31. The van der Waals surface area contributed by atoms with Gasteiger partial charge >= 0.3 is 5.97 Å². The van der Waals surface area contributed by atoms with E-state index in [1.165, 1.54) is 32.0 Å². The fourth-order valence-corrected chi connectivity index (χ4v) is 1.26. The van der Waals surface area contributed by atoms with Gasteiger partial charge in [-0.2, -0.15) is 0 Å². The molecule has 0 saturated heterocycles. The smallest absolute Gasteiger partial charge is 0.337 e. The second kappa shape index (κ2) is 4.73. The number of hydrogen-bond donors (Lipinski definition) is 3. The van der Waals surface area contributed by atoms with Crippen molar-refractivity contribution in [3.8, 4) is 0 Å². The predicted molar refractivity (Wildman–Crippen MR) is 65.3 cm³/mol. The second-order valence-corrected chi connectivity index (χ2v) is 4.61. The van der Waals surface area contributed by atoms with Gasteiger partial charge in [0.2, 0.25) is 5.91 Å². The number of halogens is 1. The topological polar surface area (TPSA) is 92.4 Å². The van der Waals surface area contributed by atoms with E-state index in [0.717, 1.165) is 0 Å². The van der Waals surface area contributed by atoms with Crippen molar-refractivity contribution in [3.63, 3.8) is 0 Å². The molecule has 0 aromatic heterocycles. The van der Waals surface area contributed by atoms with Gasteiger partial charge in [0.05, 0.1) is 16.8 Å². The maximum absolute atomic E-state index is 11.6. The maximum Gasteiger partial charge on any atom is 0.337 e. The minimum Gasteiger partial charge on any atom is -0.478 e. The van der Waals surface area contributed by atoms with Gasteiger partial charge in [-0.25, -0.2) is 4.79 Å². The summed E-state index contributed by atoms with van der Waals surface area (Å²) in [5.41, 5.74) is 4.61. The van der Waals surface area contributed by atoms with E-state index < -0.39 is 17.4 Å². The fourth-order valence-electron chi connectivity index (χ4n) is 1.09. The van der Waals surface area contributed by atoms with Crippen LogP contribution < -0.4 is 11.1 Å². The predicted octanol–water partition coefficient (Wildman–Crippen LogP) is 1.71. The molecule has 0 aliphatic rings. The number of hydrogen-bond acceptors (Lipinski definition) is 3. The van der Waals surface area contributed by atoms with E-state index in [9.17, 15) is 9.59 Å². The highest BCUT2D eigenvalue weighted by Gasteiger charge is 2.23. The van der Waals surface area contributed by atoms with E-state index in [4.69, 9.17) is 22.4 Å². The average Bonchev–Trinajstić information content (AvgIpc) is 2.18. The van der Waals surface area contributed by atoms with Crippen molar-refractivity contribution in [1.29, 1.82) is 0 Å². The summed E-state index contributed by atoms with van der Waals surface area (Å²) in [6.45, 7) is 3.05. The van der Waals surface area contributed by atoms with Crippen molar-refractivity contribution < 1.29 is 14.7 Å². The van der Waals surface area contributed by atoms with Crippen LogP contribution in [0.15, 0.2) is 18.2 Å². The largest absolute Gasteiger partial charge is 0.478 e. The molecule has 0 unspecified atom stereocenters. The second-order valence-electron chi connectivity index (χ2n) is 4.17. The number of carboxylic acids is 1.